The molecule has 0 bridgehead atoms. The van der Waals surface area contributed by atoms with Crippen LogP contribution in [-0.4, -0.2) is 45.9 Å². The highest BCUT2D eigenvalue weighted by molar-refractivity contribution is 7.89. The molecule has 0 radical (unpaired) electrons. The van der Waals surface area contributed by atoms with Crippen LogP contribution >= 0.6 is 0 Å². The van der Waals surface area contributed by atoms with Gasteiger partial charge in [-0.25, -0.2) is 8.42 Å². The maximum atomic E-state index is 12.8. The normalized spacial score (nSPS) is 16.8. The first kappa shape index (κ1) is 16.8. The first-order valence-electron chi connectivity index (χ1n) is 7.41. The molecule has 1 saturated heterocycles. The number of amides is 1. The number of nitrogens with zero attached hydrogens (tertiary/aromatic N) is 1. The van der Waals surface area contributed by atoms with Crippen LogP contribution in [0.25, 0.3) is 0 Å². The highest BCUT2D eigenvalue weighted by Crippen LogP contribution is 2.26. The van der Waals surface area contributed by atoms with Crippen LogP contribution in [0.4, 0.5) is 0 Å². The summed E-state index contributed by atoms with van der Waals surface area (Å²) in [7, 11) is -0.630. The summed E-state index contributed by atoms with van der Waals surface area (Å²) in [5, 5.41) is 2.50. The Hall–Kier alpha value is -1.60. The van der Waals surface area contributed by atoms with Crippen molar-refractivity contribution >= 4 is 15.9 Å². The molecule has 0 spiro atoms. The third kappa shape index (κ3) is 3.41. The minimum atomic E-state index is -3.58. The largest absolute Gasteiger partial charge is 0.496 e. The molecule has 6 nitrogen and oxygen atoms in total. The molecule has 1 amide bonds. The number of ether oxygens (including phenoxy) is 1. The molecule has 1 heterocycles. The molecule has 1 N–H and O–H groups in total. The van der Waals surface area contributed by atoms with E-state index in [0.717, 1.165) is 25.7 Å². The predicted molar refractivity (Wildman–Crippen MR) is 83.6 cm³/mol. The Morgan fingerprint density at radius 2 is 1.82 bits per heavy atom. The molecule has 0 aliphatic carbocycles. The molecular formula is C15H22N2O4S. The second-order valence-corrected chi connectivity index (χ2v) is 7.20. The molecule has 22 heavy (non-hydrogen) atoms. The van der Waals surface area contributed by atoms with Crippen molar-refractivity contribution in [2.24, 2.45) is 0 Å². The van der Waals surface area contributed by atoms with Crippen molar-refractivity contribution < 1.29 is 17.9 Å². The van der Waals surface area contributed by atoms with Crippen LogP contribution in [0.2, 0.25) is 0 Å². The highest BCUT2D eigenvalue weighted by atomic mass is 32.2. The monoisotopic (exact) mass is 326 g/mol. The lowest BCUT2D eigenvalue weighted by atomic mass is 10.2. The maximum Gasteiger partial charge on any atom is 0.254 e. The summed E-state index contributed by atoms with van der Waals surface area (Å²) < 4.78 is 32.2. The van der Waals surface area contributed by atoms with Gasteiger partial charge in [0.1, 0.15) is 5.75 Å². The average molecular weight is 326 g/mol. The number of methoxy groups -OCH3 is 1. The van der Waals surface area contributed by atoms with Gasteiger partial charge in [-0.3, -0.25) is 4.79 Å². The Morgan fingerprint density at radius 3 is 2.36 bits per heavy atom. The zero-order valence-corrected chi connectivity index (χ0v) is 13.8. The van der Waals surface area contributed by atoms with Gasteiger partial charge in [0.25, 0.3) is 5.91 Å². The molecule has 0 unspecified atom stereocenters. The quantitative estimate of drug-likeness (QED) is 0.912. The number of hydrogen-bond acceptors (Lipinski definition) is 4. The van der Waals surface area contributed by atoms with Gasteiger partial charge in [0.2, 0.25) is 10.0 Å². The zero-order chi connectivity index (χ0) is 16.2. The lowest BCUT2D eigenvalue weighted by Gasteiger charge is -2.20. The van der Waals surface area contributed by atoms with Gasteiger partial charge in [-0.1, -0.05) is 12.8 Å². The van der Waals surface area contributed by atoms with Crippen molar-refractivity contribution in [2.45, 2.75) is 30.6 Å². The number of carbonyl (C=O) groups is 1. The van der Waals surface area contributed by atoms with Crippen molar-refractivity contribution in [3.05, 3.63) is 23.8 Å². The SMILES string of the molecule is CNC(=O)c1cc(S(=O)(=O)N2CCCCCC2)ccc1OC. The number of benzene rings is 1. The number of nitrogens with one attached hydrogen (secondary N) is 1. The zero-order valence-electron chi connectivity index (χ0n) is 13.0. The Labute approximate surface area is 131 Å². The number of rotatable bonds is 4. The van der Waals surface area contributed by atoms with Gasteiger partial charge >= 0.3 is 0 Å². The van der Waals surface area contributed by atoms with E-state index in [1.807, 2.05) is 0 Å². The third-order valence-electron chi connectivity index (χ3n) is 3.85. The fourth-order valence-electron chi connectivity index (χ4n) is 2.59. The molecule has 1 aromatic rings. The summed E-state index contributed by atoms with van der Waals surface area (Å²) in [6, 6.07) is 4.40. The van der Waals surface area contributed by atoms with Gasteiger partial charge in [0.05, 0.1) is 17.6 Å². The van der Waals surface area contributed by atoms with E-state index < -0.39 is 10.0 Å². The molecule has 1 aromatic carbocycles. The molecule has 7 heteroatoms. The van der Waals surface area contributed by atoms with Crippen LogP contribution in [0, 0.1) is 0 Å². The van der Waals surface area contributed by atoms with E-state index in [4.69, 9.17) is 4.74 Å². The average Bonchev–Trinajstić information content (AvgIpc) is 2.83. The second-order valence-electron chi connectivity index (χ2n) is 5.26. The van der Waals surface area contributed by atoms with Gasteiger partial charge < -0.3 is 10.1 Å². The molecule has 0 saturated carbocycles. The summed E-state index contributed by atoms with van der Waals surface area (Å²) in [6.07, 6.45) is 3.85. The van der Waals surface area contributed by atoms with Gasteiger partial charge in [0.15, 0.2) is 0 Å². The number of sulfonamides is 1. The van der Waals surface area contributed by atoms with Gasteiger partial charge in [-0.2, -0.15) is 4.31 Å². The van der Waals surface area contributed by atoms with Crippen molar-refractivity contribution in [3.63, 3.8) is 0 Å². The molecule has 1 aliphatic heterocycles. The fourth-order valence-corrected chi connectivity index (χ4v) is 4.13. The predicted octanol–water partition coefficient (Wildman–Crippen LogP) is 1.62. The van der Waals surface area contributed by atoms with Crippen molar-refractivity contribution in [1.29, 1.82) is 0 Å². The summed E-state index contributed by atoms with van der Waals surface area (Å²) in [5.41, 5.74) is 0.223. The van der Waals surface area contributed by atoms with Crippen molar-refractivity contribution in [1.82, 2.24) is 9.62 Å². The van der Waals surface area contributed by atoms with Crippen LogP contribution in [0.3, 0.4) is 0 Å². The van der Waals surface area contributed by atoms with E-state index in [-0.39, 0.29) is 16.4 Å². The Kier molecular flexibility index (Phi) is 5.42. The van der Waals surface area contributed by atoms with Crippen LogP contribution in [0.1, 0.15) is 36.0 Å². The van der Waals surface area contributed by atoms with E-state index in [0.29, 0.717) is 18.8 Å². The Morgan fingerprint density at radius 1 is 1.18 bits per heavy atom. The van der Waals surface area contributed by atoms with E-state index in [9.17, 15) is 13.2 Å². The lowest BCUT2D eigenvalue weighted by Crippen LogP contribution is -2.32. The third-order valence-corrected chi connectivity index (χ3v) is 5.74. The highest BCUT2D eigenvalue weighted by Gasteiger charge is 2.26. The summed E-state index contributed by atoms with van der Waals surface area (Å²) in [6.45, 7) is 1.06. The lowest BCUT2D eigenvalue weighted by molar-refractivity contribution is 0.0960. The summed E-state index contributed by atoms with van der Waals surface area (Å²) in [4.78, 5) is 12.0. The van der Waals surface area contributed by atoms with Crippen molar-refractivity contribution in [2.75, 3.05) is 27.2 Å². The maximum absolute atomic E-state index is 12.8. The minimum absolute atomic E-state index is 0.133. The first-order valence-corrected chi connectivity index (χ1v) is 8.85. The molecule has 122 valence electrons. The topological polar surface area (TPSA) is 75.7 Å². The first-order chi connectivity index (χ1) is 10.5. The Balaban J connectivity index is 2.40. The van der Waals surface area contributed by atoms with E-state index >= 15 is 0 Å². The van der Waals surface area contributed by atoms with E-state index in [2.05, 4.69) is 5.32 Å². The van der Waals surface area contributed by atoms with E-state index in [1.165, 1.54) is 36.7 Å². The second kappa shape index (κ2) is 7.11. The van der Waals surface area contributed by atoms with Crippen LogP contribution in [-0.2, 0) is 10.0 Å². The Bertz CT molecular complexity index is 635. The van der Waals surface area contributed by atoms with Crippen LogP contribution in [0.5, 0.6) is 5.75 Å². The van der Waals surface area contributed by atoms with E-state index in [1.54, 1.807) is 0 Å². The number of hydrogen-bond donors (Lipinski definition) is 1. The van der Waals surface area contributed by atoms with Gasteiger partial charge in [-0.05, 0) is 31.0 Å². The smallest absolute Gasteiger partial charge is 0.254 e. The fraction of sp³-hybridized carbons (Fsp3) is 0.533. The standard InChI is InChI=1S/C15H22N2O4S/c1-16-15(18)13-11-12(7-8-14(13)21-2)22(19,20)17-9-5-3-4-6-10-17/h7-8,11H,3-6,9-10H2,1-2H3,(H,16,18). The summed E-state index contributed by atoms with van der Waals surface area (Å²) >= 11 is 0. The van der Waals surface area contributed by atoms with Crippen LogP contribution < -0.4 is 10.1 Å². The molecule has 0 aromatic heterocycles. The molecule has 1 fully saturated rings. The van der Waals surface area contributed by atoms with Crippen molar-refractivity contribution in [3.8, 4) is 5.75 Å². The van der Waals surface area contributed by atoms with Gasteiger partial charge in [0, 0.05) is 20.1 Å². The molecule has 0 atom stereocenters. The molecule has 1 aliphatic rings. The number of carbonyl (C=O) groups excluding carboxylic acids is 1. The van der Waals surface area contributed by atoms with Crippen LogP contribution in [0.15, 0.2) is 23.1 Å². The summed E-state index contributed by atoms with van der Waals surface area (Å²) in [5.74, 6) is -0.0149. The molecular weight excluding hydrogens is 304 g/mol. The van der Waals surface area contributed by atoms with Gasteiger partial charge in [-0.15, -0.1) is 0 Å². The minimum Gasteiger partial charge on any atom is -0.496 e. The molecule has 2 rings (SSSR count).